The molecule has 0 bridgehead atoms. The molecule has 1 aromatic rings. The number of nitrogens with zero attached hydrogens (tertiary/aromatic N) is 1. The molecule has 0 radical (unpaired) electrons. The minimum atomic E-state index is -0.123. The second-order valence-corrected chi connectivity index (χ2v) is 5.75. The Labute approximate surface area is 147 Å². The maximum absolute atomic E-state index is 14.2. The van der Waals surface area contributed by atoms with Crippen molar-refractivity contribution in [1.29, 1.82) is 0 Å². The van der Waals surface area contributed by atoms with Gasteiger partial charge in [0.05, 0.1) is 0 Å². The lowest BCUT2D eigenvalue weighted by Crippen LogP contribution is -2.45. The fraction of sp³-hybridized carbons (Fsp3) is 0.467. The van der Waals surface area contributed by atoms with Crippen molar-refractivity contribution in [2.24, 2.45) is 0 Å². The third kappa shape index (κ3) is 5.87. The molecule has 6 heteroatoms. The maximum Gasteiger partial charge on any atom is 0.129 e. The van der Waals surface area contributed by atoms with Gasteiger partial charge in [-0.1, -0.05) is 28.1 Å². The van der Waals surface area contributed by atoms with Gasteiger partial charge >= 0.3 is 0 Å². The Morgan fingerprint density at radius 3 is 2.57 bits per heavy atom. The second kappa shape index (κ2) is 10.6. The molecule has 1 heterocycles. The first-order valence-corrected chi connectivity index (χ1v) is 7.52. The number of halogens is 4. The van der Waals surface area contributed by atoms with Crippen LogP contribution in [0.4, 0.5) is 4.39 Å². The second-order valence-electron chi connectivity index (χ2n) is 4.83. The predicted octanol–water partition coefficient (Wildman–Crippen LogP) is 4.34. The lowest BCUT2D eigenvalue weighted by atomic mass is 9.99. The van der Waals surface area contributed by atoms with Crippen molar-refractivity contribution in [2.75, 3.05) is 26.2 Å². The Kier molecular flexibility index (Phi) is 10.5. The first-order valence-electron chi connectivity index (χ1n) is 6.73. The van der Waals surface area contributed by atoms with E-state index < -0.39 is 0 Å². The van der Waals surface area contributed by atoms with E-state index in [0.29, 0.717) is 0 Å². The Bertz CT molecular complexity index is 440. The number of rotatable bonds is 5. The summed E-state index contributed by atoms with van der Waals surface area (Å²) in [5, 5.41) is 3.34. The highest BCUT2D eigenvalue weighted by atomic mass is 79.9. The van der Waals surface area contributed by atoms with Crippen LogP contribution >= 0.6 is 40.7 Å². The van der Waals surface area contributed by atoms with Gasteiger partial charge in [0.1, 0.15) is 5.82 Å². The van der Waals surface area contributed by atoms with Gasteiger partial charge in [0.15, 0.2) is 0 Å². The molecule has 1 N–H and O–H groups in total. The van der Waals surface area contributed by atoms with E-state index in [1.54, 1.807) is 6.07 Å². The molecule has 2 rings (SSSR count). The highest BCUT2D eigenvalue weighted by Crippen LogP contribution is 2.29. The summed E-state index contributed by atoms with van der Waals surface area (Å²) in [4.78, 5) is 2.37. The van der Waals surface area contributed by atoms with Crippen molar-refractivity contribution < 1.29 is 4.39 Å². The molecule has 1 fully saturated rings. The third-order valence-electron chi connectivity index (χ3n) is 3.56. The van der Waals surface area contributed by atoms with E-state index >= 15 is 0 Å². The third-order valence-corrected chi connectivity index (χ3v) is 4.05. The highest BCUT2D eigenvalue weighted by Gasteiger charge is 2.23. The largest absolute Gasteiger partial charge is 0.314 e. The lowest BCUT2D eigenvalue weighted by molar-refractivity contribution is 0.163. The zero-order valence-corrected chi connectivity index (χ0v) is 15.1. The van der Waals surface area contributed by atoms with Crippen molar-refractivity contribution in [3.8, 4) is 0 Å². The molecule has 1 aliphatic heterocycles. The summed E-state index contributed by atoms with van der Waals surface area (Å²) < 4.78 is 15.0. The summed E-state index contributed by atoms with van der Waals surface area (Å²) in [6.45, 7) is 7.66. The quantitative estimate of drug-likeness (QED) is 0.740. The van der Waals surface area contributed by atoms with Crippen molar-refractivity contribution >= 4 is 40.7 Å². The van der Waals surface area contributed by atoms with E-state index in [1.807, 2.05) is 18.2 Å². The number of piperazine rings is 1. The van der Waals surface area contributed by atoms with E-state index in [4.69, 9.17) is 0 Å². The number of allylic oxidation sites excluding steroid dienone is 1. The standard InChI is InChI=1S/C15H20BrFN2.2ClH/c1-2-3-4-15(19-9-7-18-8-10-19)13-6-5-12(16)11-14(13)17;;/h2,5-6,11,15,18H,1,3-4,7-10H2;2*1H/t15-;;/m1../s1. The summed E-state index contributed by atoms with van der Waals surface area (Å²) in [6.07, 6.45) is 3.73. The van der Waals surface area contributed by atoms with Crippen LogP contribution in [0, 0.1) is 5.82 Å². The Morgan fingerprint density at radius 1 is 1.33 bits per heavy atom. The molecule has 0 aromatic heterocycles. The number of nitrogens with one attached hydrogen (secondary N) is 1. The number of benzene rings is 1. The minimum absolute atomic E-state index is 0. The van der Waals surface area contributed by atoms with Gasteiger partial charge in [-0.15, -0.1) is 31.4 Å². The summed E-state index contributed by atoms with van der Waals surface area (Å²) in [5.74, 6) is -0.123. The van der Waals surface area contributed by atoms with Crippen LogP contribution in [0.5, 0.6) is 0 Å². The lowest BCUT2D eigenvalue weighted by Gasteiger charge is -2.35. The van der Waals surface area contributed by atoms with Gasteiger partial charge < -0.3 is 5.32 Å². The molecule has 0 aliphatic carbocycles. The monoisotopic (exact) mass is 398 g/mol. The number of hydrogen-bond donors (Lipinski definition) is 1. The van der Waals surface area contributed by atoms with Crippen molar-refractivity contribution in [2.45, 2.75) is 18.9 Å². The van der Waals surface area contributed by atoms with Crippen LogP contribution in [0.3, 0.4) is 0 Å². The summed E-state index contributed by atoms with van der Waals surface area (Å²) in [6, 6.07) is 5.52. The van der Waals surface area contributed by atoms with Gasteiger partial charge in [0.25, 0.3) is 0 Å². The average molecular weight is 400 g/mol. The molecule has 1 saturated heterocycles. The molecular formula is C15H22BrCl2FN2. The van der Waals surface area contributed by atoms with Gasteiger partial charge in [0.2, 0.25) is 0 Å². The van der Waals surface area contributed by atoms with E-state index in [2.05, 4.69) is 32.7 Å². The molecule has 0 saturated carbocycles. The Morgan fingerprint density at radius 2 is 2.00 bits per heavy atom. The van der Waals surface area contributed by atoms with E-state index in [0.717, 1.165) is 49.1 Å². The van der Waals surface area contributed by atoms with Crippen molar-refractivity contribution in [1.82, 2.24) is 10.2 Å². The van der Waals surface area contributed by atoms with E-state index in [1.165, 1.54) is 0 Å². The molecule has 0 unspecified atom stereocenters. The zero-order valence-electron chi connectivity index (χ0n) is 11.9. The van der Waals surface area contributed by atoms with Crippen LogP contribution in [0.25, 0.3) is 0 Å². The maximum atomic E-state index is 14.2. The Hall–Kier alpha value is -0.130. The molecule has 1 aliphatic rings. The molecular weight excluding hydrogens is 378 g/mol. The molecule has 1 aromatic carbocycles. The predicted molar refractivity (Wildman–Crippen MR) is 95.2 cm³/mol. The van der Waals surface area contributed by atoms with Crippen LogP contribution in [0.1, 0.15) is 24.4 Å². The van der Waals surface area contributed by atoms with Crippen LogP contribution in [0.2, 0.25) is 0 Å². The molecule has 1 atom stereocenters. The molecule has 120 valence electrons. The van der Waals surface area contributed by atoms with E-state index in [9.17, 15) is 4.39 Å². The molecule has 2 nitrogen and oxygen atoms in total. The smallest absolute Gasteiger partial charge is 0.129 e. The van der Waals surface area contributed by atoms with Gasteiger partial charge in [0, 0.05) is 42.3 Å². The fourth-order valence-corrected chi connectivity index (χ4v) is 2.91. The summed E-state index contributed by atoms with van der Waals surface area (Å²) >= 11 is 3.31. The first kappa shape index (κ1) is 20.9. The van der Waals surface area contributed by atoms with Gasteiger partial charge in [-0.2, -0.15) is 0 Å². The molecule has 0 spiro atoms. The number of hydrogen-bond acceptors (Lipinski definition) is 2. The average Bonchev–Trinajstić information content (AvgIpc) is 2.42. The Balaban J connectivity index is 0.00000200. The van der Waals surface area contributed by atoms with Crippen molar-refractivity contribution in [3.05, 3.63) is 46.7 Å². The van der Waals surface area contributed by atoms with E-state index in [-0.39, 0.29) is 36.7 Å². The fourth-order valence-electron chi connectivity index (χ4n) is 2.58. The first-order chi connectivity index (χ1) is 9.22. The molecule has 0 amide bonds. The normalized spacial score (nSPS) is 16.5. The van der Waals surface area contributed by atoms with Crippen LogP contribution in [-0.4, -0.2) is 31.1 Å². The minimum Gasteiger partial charge on any atom is -0.314 e. The van der Waals surface area contributed by atoms with Crippen LogP contribution in [0.15, 0.2) is 35.3 Å². The summed E-state index contributed by atoms with van der Waals surface area (Å²) in [7, 11) is 0. The van der Waals surface area contributed by atoms with Gasteiger partial charge in [-0.25, -0.2) is 4.39 Å². The SMILES string of the molecule is C=CCC[C@H](c1ccc(Br)cc1F)N1CCNCC1.Cl.Cl. The summed E-state index contributed by atoms with van der Waals surface area (Å²) in [5.41, 5.74) is 0.798. The van der Waals surface area contributed by atoms with Crippen LogP contribution < -0.4 is 5.32 Å². The molecule has 21 heavy (non-hydrogen) atoms. The van der Waals surface area contributed by atoms with Gasteiger partial charge in [-0.05, 0) is 25.0 Å². The van der Waals surface area contributed by atoms with Crippen molar-refractivity contribution in [3.63, 3.8) is 0 Å². The highest BCUT2D eigenvalue weighted by molar-refractivity contribution is 9.10. The van der Waals surface area contributed by atoms with Gasteiger partial charge in [-0.3, -0.25) is 4.90 Å². The van der Waals surface area contributed by atoms with Crippen LogP contribution in [-0.2, 0) is 0 Å². The zero-order chi connectivity index (χ0) is 13.7. The topological polar surface area (TPSA) is 15.3 Å².